The molecule has 3 aromatic rings. The van der Waals surface area contributed by atoms with Gasteiger partial charge in [-0.25, -0.2) is 8.42 Å². The molecule has 0 heterocycles. The number of nitrogens with one attached hydrogen (secondary N) is 1. The molecule has 4 rings (SSSR count). The highest BCUT2D eigenvalue weighted by atomic mass is 35.5. The molecule has 1 N–H and O–H groups in total. The molecule has 1 fully saturated rings. The monoisotopic (exact) mass is 635 g/mol. The van der Waals surface area contributed by atoms with Crippen LogP contribution < -0.4 is 9.62 Å². The number of hydrogen-bond acceptors (Lipinski definition) is 4. The molecule has 3 aromatic carbocycles. The predicted octanol–water partition coefficient (Wildman–Crippen LogP) is 6.71. The van der Waals surface area contributed by atoms with Crippen LogP contribution in [-0.2, 0) is 26.2 Å². The molecular weight excluding hydrogens is 605 g/mol. The van der Waals surface area contributed by atoms with Crippen LogP contribution >= 0.6 is 34.8 Å². The Labute approximate surface area is 256 Å². The molecule has 0 aromatic heterocycles. The summed E-state index contributed by atoms with van der Waals surface area (Å²) in [6, 6.07) is 18.3. The van der Waals surface area contributed by atoms with Crippen molar-refractivity contribution in [3.63, 3.8) is 0 Å². The highest BCUT2D eigenvalue weighted by Gasteiger charge is 2.33. The van der Waals surface area contributed by atoms with Gasteiger partial charge in [-0.1, -0.05) is 84.4 Å². The Morgan fingerprint density at radius 3 is 2.27 bits per heavy atom. The van der Waals surface area contributed by atoms with Crippen molar-refractivity contribution in [3.05, 3.63) is 93.4 Å². The van der Waals surface area contributed by atoms with E-state index < -0.39 is 28.5 Å². The SMILES string of the molecule is C[C@H](C(=O)NC1CCCCC1)N(Cc1cccc(Cl)c1)C(=O)CN(c1ccc(Cl)c(Cl)c1)S(=O)(=O)c1ccccc1. The number of carbonyl (C=O) groups is 2. The molecule has 0 spiro atoms. The fourth-order valence-electron chi connectivity index (χ4n) is 4.87. The summed E-state index contributed by atoms with van der Waals surface area (Å²) in [5.41, 5.74) is 0.869. The quantitative estimate of drug-likeness (QED) is 0.268. The van der Waals surface area contributed by atoms with E-state index in [0.717, 1.165) is 36.4 Å². The van der Waals surface area contributed by atoms with Crippen molar-refractivity contribution < 1.29 is 18.0 Å². The third kappa shape index (κ3) is 7.95. The van der Waals surface area contributed by atoms with Crippen molar-refractivity contribution >= 4 is 62.3 Å². The number of nitrogens with zero attached hydrogens (tertiary/aromatic N) is 2. The van der Waals surface area contributed by atoms with E-state index in [1.807, 2.05) is 0 Å². The maximum atomic E-state index is 14.0. The van der Waals surface area contributed by atoms with Crippen molar-refractivity contribution in [1.29, 1.82) is 0 Å². The molecule has 41 heavy (non-hydrogen) atoms. The van der Waals surface area contributed by atoms with Gasteiger partial charge in [0.2, 0.25) is 11.8 Å². The molecule has 2 amide bonds. The Kier molecular flexibility index (Phi) is 10.6. The minimum Gasteiger partial charge on any atom is -0.352 e. The first kappa shape index (κ1) is 31.2. The minimum absolute atomic E-state index is 0.00311. The zero-order valence-electron chi connectivity index (χ0n) is 22.6. The van der Waals surface area contributed by atoms with Gasteiger partial charge in [-0.05, 0) is 67.8 Å². The molecule has 0 radical (unpaired) electrons. The van der Waals surface area contributed by atoms with Gasteiger partial charge < -0.3 is 10.2 Å². The molecule has 218 valence electrons. The summed E-state index contributed by atoms with van der Waals surface area (Å²) >= 11 is 18.6. The molecule has 1 aliphatic rings. The lowest BCUT2D eigenvalue weighted by molar-refractivity contribution is -0.139. The number of carbonyl (C=O) groups excluding carboxylic acids is 2. The normalized spacial score (nSPS) is 14.7. The van der Waals surface area contributed by atoms with Gasteiger partial charge in [0, 0.05) is 17.6 Å². The van der Waals surface area contributed by atoms with Gasteiger partial charge in [-0.3, -0.25) is 13.9 Å². The number of sulfonamides is 1. The summed E-state index contributed by atoms with van der Waals surface area (Å²) in [5.74, 6) is -0.860. The number of benzene rings is 3. The van der Waals surface area contributed by atoms with Gasteiger partial charge in [0.25, 0.3) is 10.0 Å². The van der Waals surface area contributed by atoms with Gasteiger partial charge in [0.1, 0.15) is 12.6 Å². The first-order valence-electron chi connectivity index (χ1n) is 13.4. The number of rotatable bonds is 10. The Morgan fingerprint density at radius 2 is 1.61 bits per heavy atom. The van der Waals surface area contributed by atoms with Gasteiger partial charge in [0.15, 0.2) is 0 Å². The lowest BCUT2D eigenvalue weighted by atomic mass is 9.95. The summed E-state index contributed by atoms with van der Waals surface area (Å²) in [7, 11) is -4.20. The van der Waals surface area contributed by atoms with Crippen molar-refractivity contribution in [1.82, 2.24) is 10.2 Å². The van der Waals surface area contributed by atoms with Crippen LogP contribution in [0.2, 0.25) is 15.1 Å². The predicted molar refractivity (Wildman–Crippen MR) is 164 cm³/mol. The molecule has 7 nitrogen and oxygen atoms in total. The Hall–Kier alpha value is -2.78. The van der Waals surface area contributed by atoms with Crippen LogP contribution in [0.25, 0.3) is 0 Å². The Balaban J connectivity index is 1.68. The van der Waals surface area contributed by atoms with Crippen molar-refractivity contribution in [2.45, 2.75) is 62.6 Å². The van der Waals surface area contributed by atoms with Crippen molar-refractivity contribution in [3.8, 4) is 0 Å². The van der Waals surface area contributed by atoms with E-state index in [2.05, 4.69) is 5.32 Å². The number of hydrogen-bond donors (Lipinski definition) is 1. The van der Waals surface area contributed by atoms with Gasteiger partial charge in [-0.2, -0.15) is 0 Å². The van der Waals surface area contributed by atoms with E-state index in [4.69, 9.17) is 34.8 Å². The van der Waals surface area contributed by atoms with Crippen LogP contribution in [0.3, 0.4) is 0 Å². The first-order chi connectivity index (χ1) is 19.6. The molecule has 0 saturated heterocycles. The van der Waals surface area contributed by atoms with E-state index in [1.165, 1.54) is 35.2 Å². The fraction of sp³-hybridized carbons (Fsp3) is 0.333. The highest BCUT2D eigenvalue weighted by Crippen LogP contribution is 2.31. The standard InChI is InChI=1S/C30H32Cl3N3O4S/c1-21(30(38)34-24-11-4-2-5-12-24)35(19-22-9-8-10-23(31)17-22)29(37)20-36(25-15-16-27(32)28(33)18-25)41(39,40)26-13-6-3-7-14-26/h3,6-10,13-18,21,24H,2,4-5,11-12,19-20H2,1H3,(H,34,38)/t21-/m1/s1. The maximum Gasteiger partial charge on any atom is 0.264 e. The first-order valence-corrected chi connectivity index (χ1v) is 16.0. The molecule has 1 atom stereocenters. The number of anilines is 1. The molecule has 0 aliphatic heterocycles. The van der Waals surface area contributed by atoms with Crippen LogP contribution in [0.15, 0.2) is 77.7 Å². The lowest BCUT2D eigenvalue weighted by Crippen LogP contribution is -2.53. The molecule has 1 saturated carbocycles. The maximum absolute atomic E-state index is 14.0. The molecular formula is C30H32Cl3N3O4S. The summed E-state index contributed by atoms with van der Waals surface area (Å²) in [6.45, 7) is 1.13. The van der Waals surface area contributed by atoms with E-state index in [0.29, 0.717) is 10.6 Å². The van der Waals surface area contributed by atoms with Gasteiger partial charge in [-0.15, -0.1) is 0 Å². The van der Waals surface area contributed by atoms with Crippen molar-refractivity contribution in [2.75, 3.05) is 10.8 Å². The molecule has 0 unspecified atom stereocenters. The fourth-order valence-corrected chi connectivity index (χ4v) is 6.80. The molecule has 11 heteroatoms. The van der Waals surface area contributed by atoms with Gasteiger partial charge in [0.05, 0.1) is 20.6 Å². The second-order valence-corrected chi connectivity index (χ2v) is 13.2. The average Bonchev–Trinajstić information content (AvgIpc) is 2.96. The summed E-state index contributed by atoms with van der Waals surface area (Å²) < 4.78 is 28.7. The largest absolute Gasteiger partial charge is 0.352 e. The smallest absolute Gasteiger partial charge is 0.264 e. The Morgan fingerprint density at radius 1 is 0.902 bits per heavy atom. The van der Waals surface area contributed by atoms with E-state index in [9.17, 15) is 18.0 Å². The second kappa shape index (κ2) is 13.9. The third-order valence-electron chi connectivity index (χ3n) is 7.16. The van der Waals surface area contributed by atoms with Crippen LogP contribution in [0.1, 0.15) is 44.6 Å². The van der Waals surface area contributed by atoms with E-state index >= 15 is 0 Å². The topological polar surface area (TPSA) is 86.8 Å². The third-order valence-corrected chi connectivity index (χ3v) is 9.92. The molecule has 0 bridgehead atoms. The lowest BCUT2D eigenvalue weighted by Gasteiger charge is -2.33. The zero-order valence-corrected chi connectivity index (χ0v) is 25.7. The van der Waals surface area contributed by atoms with Crippen LogP contribution in [0.4, 0.5) is 5.69 Å². The highest BCUT2D eigenvalue weighted by molar-refractivity contribution is 7.92. The number of amides is 2. The summed E-state index contributed by atoms with van der Waals surface area (Å²) in [6.07, 6.45) is 5.00. The van der Waals surface area contributed by atoms with E-state index in [1.54, 1.807) is 49.4 Å². The van der Waals surface area contributed by atoms with Crippen LogP contribution in [0, 0.1) is 0 Å². The average molecular weight is 637 g/mol. The van der Waals surface area contributed by atoms with Crippen LogP contribution in [0.5, 0.6) is 0 Å². The summed E-state index contributed by atoms with van der Waals surface area (Å²) in [4.78, 5) is 28.8. The van der Waals surface area contributed by atoms with Crippen LogP contribution in [-0.4, -0.2) is 43.8 Å². The zero-order chi connectivity index (χ0) is 29.6. The molecule has 1 aliphatic carbocycles. The van der Waals surface area contributed by atoms with Gasteiger partial charge >= 0.3 is 0 Å². The second-order valence-electron chi connectivity index (χ2n) is 10.1. The number of halogens is 3. The minimum atomic E-state index is -4.20. The van der Waals surface area contributed by atoms with E-state index in [-0.39, 0.29) is 39.1 Å². The summed E-state index contributed by atoms with van der Waals surface area (Å²) in [5, 5.41) is 3.95. The van der Waals surface area contributed by atoms with Crippen molar-refractivity contribution in [2.24, 2.45) is 0 Å². The Bertz CT molecular complexity index is 1480.